The molecule has 0 saturated heterocycles. The van der Waals surface area contributed by atoms with E-state index in [4.69, 9.17) is 0 Å². The molecule has 0 aliphatic carbocycles. The van der Waals surface area contributed by atoms with Gasteiger partial charge in [-0.15, -0.1) is 0 Å². The summed E-state index contributed by atoms with van der Waals surface area (Å²) in [5.41, 5.74) is 0.824. The van der Waals surface area contributed by atoms with E-state index in [2.05, 4.69) is 20.8 Å². The quantitative estimate of drug-likeness (QED) is 0.734. The lowest BCUT2D eigenvalue weighted by molar-refractivity contribution is 0.0942. The van der Waals surface area contributed by atoms with Crippen LogP contribution >= 0.6 is 11.8 Å². The van der Waals surface area contributed by atoms with Crippen LogP contribution in [0.15, 0.2) is 30.3 Å². The zero-order valence-electron chi connectivity index (χ0n) is 10.5. The topological polar surface area (TPSA) is 17.1 Å². The molecule has 1 unspecified atom stereocenters. The number of benzene rings is 1. The van der Waals surface area contributed by atoms with Gasteiger partial charge in [0.25, 0.3) is 0 Å². The smallest absolute Gasteiger partial charge is 0.166 e. The molecule has 1 aromatic carbocycles. The molecule has 88 valence electrons. The summed E-state index contributed by atoms with van der Waals surface area (Å²) in [5.74, 6) is 1.22. The van der Waals surface area contributed by atoms with E-state index in [0.717, 1.165) is 11.3 Å². The van der Waals surface area contributed by atoms with Gasteiger partial charge in [0, 0.05) is 22.0 Å². The molecule has 1 atom stereocenters. The molecule has 16 heavy (non-hydrogen) atoms. The lowest BCUT2D eigenvalue weighted by Gasteiger charge is -2.20. The van der Waals surface area contributed by atoms with E-state index in [1.165, 1.54) is 0 Å². The summed E-state index contributed by atoms with van der Waals surface area (Å²) >= 11 is 1.84. The second-order valence-electron chi connectivity index (χ2n) is 5.05. The second kappa shape index (κ2) is 5.53. The van der Waals surface area contributed by atoms with Crippen molar-refractivity contribution in [3.63, 3.8) is 0 Å². The lowest BCUT2D eigenvalue weighted by Crippen LogP contribution is -2.18. The van der Waals surface area contributed by atoms with Gasteiger partial charge in [-0.25, -0.2) is 0 Å². The van der Waals surface area contributed by atoms with Crippen LogP contribution in [0.2, 0.25) is 0 Å². The molecule has 0 radical (unpaired) electrons. The van der Waals surface area contributed by atoms with Gasteiger partial charge in [0.2, 0.25) is 0 Å². The molecule has 1 nitrogen and oxygen atoms in total. The SMILES string of the molecule is CC(CSC(C)(C)C)C(=O)c1ccccc1. The Morgan fingerprint density at radius 1 is 1.25 bits per heavy atom. The molecule has 0 heterocycles. The zero-order valence-corrected chi connectivity index (χ0v) is 11.3. The van der Waals surface area contributed by atoms with Crippen LogP contribution in [0.5, 0.6) is 0 Å². The number of rotatable bonds is 4. The van der Waals surface area contributed by atoms with Crippen LogP contribution < -0.4 is 0 Å². The van der Waals surface area contributed by atoms with Crippen molar-refractivity contribution in [1.82, 2.24) is 0 Å². The second-order valence-corrected chi connectivity index (χ2v) is 6.90. The Morgan fingerprint density at radius 2 is 1.81 bits per heavy atom. The number of hydrogen-bond donors (Lipinski definition) is 0. The number of carbonyl (C=O) groups excluding carboxylic acids is 1. The summed E-state index contributed by atoms with van der Waals surface area (Å²) in [6.45, 7) is 8.54. The molecule has 1 aromatic rings. The van der Waals surface area contributed by atoms with Crippen LogP contribution in [0.1, 0.15) is 38.1 Å². The van der Waals surface area contributed by atoms with Crippen molar-refractivity contribution in [2.45, 2.75) is 32.4 Å². The van der Waals surface area contributed by atoms with Crippen molar-refractivity contribution < 1.29 is 4.79 Å². The maximum atomic E-state index is 12.0. The van der Waals surface area contributed by atoms with Crippen molar-refractivity contribution in [3.8, 4) is 0 Å². The van der Waals surface area contributed by atoms with Gasteiger partial charge in [0.15, 0.2) is 5.78 Å². The molecule has 0 aliphatic heterocycles. The van der Waals surface area contributed by atoms with E-state index < -0.39 is 0 Å². The van der Waals surface area contributed by atoms with Gasteiger partial charge in [0.1, 0.15) is 0 Å². The van der Waals surface area contributed by atoms with E-state index in [9.17, 15) is 4.79 Å². The molecule has 0 aromatic heterocycles. The summed E-state index contributed by atoms with van der Waals surface area (Å²) in [6.07, 6.45) is 0. The summed E-state index contributed by atoms with van der Waals surface area (Å²) < 4.78 is 0.227. The van der Waals surface area contributed by atoms with Gasteiger partial charge in [-0.1, -0.05) is 58.0 Å². The van der Waals surface area contributed by atoms with Crippen LogP contribution in [-0.2, 0) is 0 Å². The molecule has 0 N–H and O–H groups in total. The highest BCUT2D eigenvalue weighted by Crippen LogP contribution is 2.26. The molecular formula is C14H20OS. The molecular weight excluding hydrogens is 216 g/mol. The molecule has 0 aliphatic rings. The first-order valence-corrected chi connectivity index (χ1v) is 6.62. The summed E-state index contributed by atoms with van der Waals surface area (Å²) in [4.78, 5) is 12.0. The van der Waals surface area contributed by atoms with Gasteiger partial charge in [0.05, 0.1) is 0 Å². The van der Waals surface area contributed by atoms with E-state index in [-0.39, 0.29) is 16.4 Å². The van der Waals surface area contributed by atoms with E-state index >= 15 is 0 Å². The minimum atomic E-state index is 0.0895. The maximum Gasteiger partial charge on any atom is 0.166 e. The summed E-state index contributed by atoms with van der Waals surface area (Å²) in [5, 5.41) is 0. The fourth-order valence-electron chi connectivity index (χ4n) is 1.34. The Hall–Kier alpha value is -0.760. The third-order valence-corrected chi connectivity index (χ3v) is 3.80. The highest BCUT2D eigenvalue weighted by atomic mass is 32.2. The first kappa shape index (κ1) is 13.3. The van der Waals surface area contributed by atoms with Crippen molar-refractivity contribution in [2.75, 3.05) is 5.75 Å². The van der Waals surface area contributed by atoms with Gasteiger partial charge in [-0.3, -0.25) is 4.79 Å². The molecule has 2 heteroatoms. The maximum absolute atomic E-state index is 12.0. The Balaban J connectivity index is 2.55. The van der Waals surface area contributed by atoms with Gasteiger partial charge in [-0.2, -0.15) is 11.8 Å². The van der Waals surface area contributed by atoms with Crippen molar-refractivity contribution >= 4 is 17.5 Å². The normalized spacial score (nSPS) is 13.5. The minimum Gasteiger partial charge on any atom is -0.294 e. The molecule has 0 amide bonds. The molecule has 0 fully saturated rings. The molecule has 1 rings (SSSR count). The van der Waals surface area contributed by atoms with Crippen molar-refractivity contribution in [2.24, 2.45) is 5.92 Å². The van der Waals surface area contributed by atoms with Crippen LogP contribution in [0.4, 0.5) is 0 Å². The standard InChI is InChI=1S/C14H20OS/c1-11(10-16-14(2,3)4)13(15)12-8-6-5-7-9-12/h5-9,11H,10H2,1-4H3. The lowest BCUT2D eigenvalue weighted by atomic mass is 10.0. The predicted octanol–water partition coefficient (Wildman–Crippen LogP) is 4.04. The Labute approximate surface area is 103 Å². The third kappa shape index (κ3) is 4.40. The average molecular weight is 236 g/mol. The number of ketones is 1. The fraction of sp³-hybridized carbons (Fsp3) is 0.500. The highest BCUT2D eigenvalue weighted by molar-refractivity contribution is 8.00. The third-order valence-electron chi connectivity index (χ3n) is 2.27. The molecule has 0 spiro atoms. The summed E-state index contributed by atoms with van der Waals surface area (Å²) in [7, 11) is 0. The molecule has 0 saturated carbocycles. The van der Waals surface area contributed by atoms with Crippen molar-refractivity contribution in [3.05, 3.63) is 35.9 Å². The average Bonchev–Trinajstić information content (AvgIpc) is 2.25. The minimum absolute atomic E-state index is 0.0895. The number of Topliss-reactive ketones (excluding diaryl/α,β-unsaturated/α-hetero) is 1. The summed E-state index contributed by atoms with van der Waals surface area (Å²) in [6, 6.07) is 9.54. The Bertz CT molecular complexity index is 338. The van der Waals surface area contributed by atoms with Crippen LogP contribution in [-0.4, -0.2) is 16.3 Å². The van der Waals surface area contributed by atoms with Gasteiger partial charge in [-0.05, 0) is 0 Å². The van der Waals surface area contributed by atoms with Crippen LogP contribution in [0.3, 0.4) is 0 Å². The van der Waals surface area contributed by atoms with E-state index in [1.54, 1.807) is 0 Å². The number of hydrogen-bond acceptors (Lipinski definition) is 2. The first-order valence-electron chi connectivity index (χ1n) is 5.63. The van der Waals surface area contributed by atoms with Crippen LogP contribution in [0.25, 0.3) is 0 Å². The monoisotopic (exact) mass is 236 g/mol. The van der Waals surface area contributed by atoms with Crippen LogP contribution in [0, 0.1) is 5.92 Å². The fourth-order valence-corrected chi connectivity index (χ4v) is 2.24. The van der Waals surface area contributed by atoms with E-state index in [0.29, 0.717) is 0 Å². The predicted molar refractivity (Wildman–Crippen MR) is 72.1 cm³/mol. The largest absolute Gasteiger partial charge is 0.294 e. The number of carbonyl (C=O) groups is 1. The Kier molecular flexibility index (Phi) is 4.60. The number of thioether (sulfide) groups is 1. The zero-order chi connectivity index (χ0) is 12.2. The molecule has 0 bridgehead atoms. The highest BCUT2D eigenvalue weighted by Gasteiger charge is 2.18. The van der Waals surface area contributed by atoms with Gasteiger partial charge < -0.3 is 0 Å². The Morgan fingerprint density at radius 3 is 2.31 bits per heavy atom. The van der Waals surface area contributed by atoms with E-state index in [1.807, 2.05) is 49.0 Å². The van der Waals surface area contributed by atoms with Crippen molar-refractivity contribution in [1.29, 1.82) is 0 Å². The van der Waals surface area contributed by atoms with Gasteiger partial charge >= 0.3 is 0 Å². The first-order chi connectivity index (χ1) is 7.40.